The quantitative estimate of drug-likeness (QED) is 0.380. The molecule has 6 nitrogen and oxygen atoms in total. The van der Waals surface area contributed by atoms with Gasteiger partial charge in [0.15, 0.2) is 11.6 Å². The summed E-state index contributed by atoms with van der Waals surface area (Å²) in [5, 5.41) is 20.7. The molecule has 5 aliphatic carbocycles. The van der Waals surface area contributed by atoms with E-state index in [-0.39, 0.29) is 51.1 Å². The molecule has 0 saturated heterocycles. The molecule has 0 aromatic heterocycles. The molecule has 44 heavy (non-hydrogen) atoms. The predicted molar refractivity (Wildman–Crippen MR) is 169 cm³/mol. The molecular formula is C38H48N2O4. The Morgan fingerprint density at radius 3 is 2.27 bits per heavy atom. The molecule has 1 aromatic rings. The monoisotopic (exact) mass is 596 g/mol. The van der Waals surface area contributed by atoms with E-state index in [0.29, 0.717) is 6.54 Å². The van der Waals surface area contributed by atoms with Crippen molar-refractivity contribution in [3.63, 3.8) is 0 Å². The van der Waals surface area contributed by atoms with Gasteiger partial charge in [-0.25, -0.2) is 4.79 Å². The second-order valence-electron chi connectivity index (χ2n) is 16.7. The Hall–Kier alpha value is -3.20. The Balaban J connectivity index is 1.51. The zero-order valence-corrected chi connectivity index (χ0v) is 27.5. The molecule has 6 rings (SSSR count). The first-order chi connectivity index (χ1) is 20.5. The number of fused-ring (bicyclic) bond motifs is 7. The minimum absolute atomic E-state index is 0.00320. The number of carbonyl (C=O) groups is 3. The number of carbonyl (C=O) groups excluding carboxylic acids is 2. The Morgan fingerprint density at radius 2 is 1.64 bits per heavy atom. The van der Waals surface area contributed by atoms with Crippen molar-refractivity contribution < 1.29 is 19.5 Å². The van der Waals surface area contributed by atoms with E-state index in [9.17, 15) is 24.8 Å². The summed E-state index contributed by atoms with van der Waals surface area (Å²) >= 11 is 0. The van der Waals surface area contributed by atoms with Crippen molar-refractivity contribution in [1.29, 1.82) is 5.26 Å². The number of ketones is 2. The molecule has 3 fully saturated rings. The third-order valence-corrected chi connectivity index (χ3v) is 13.8. The summed E-state index contributed by atoms with van der Waals surface area (Å²) in [6, 6.07) is 12.0. The average molecular weight is 597 g/mol. The second-order valence-corrected chi connectivity index (χ2v) is 16.7. The average Bonchev–Trinajstić information content (AvgIpc) is 2.95. The van der Waals surface area contributed by atoms with Crippen molar-refractivity contribution in [2.45, 2.75) is 105 Å². The van der Waals surface area contributed by atoms with Crippen LogP contribution in [0.1, 0.15) is 99.0 Å². The number of rotatable bonds is 3. The lowest BCUT2D eigenvalue weighted by Crippen LogP contribution is -2.70. The van der Waals surface area contributed by atoms with Crippen LogP contribution >= 0.6 is 0 Å². The van der Waals surface area contributed by atoms with Gasteiger partial charge in [0, 0.05) is 23.3 Å². The van der Waals surface area contributed by atoms with Gasteiger partial charge in [-0.2, -0.15) is 5.26 Å². The Bertz CT molecular complexity index is 1530. The van der Waals surface area contributed by atoms with Crippen LogP contribution in [0.25, 0.3) is 0 Å². The number of hydrogen-bond donors (Lipinski definition) is 1. The molecule has 5 aliphatic rings. The Morgan fingerprint density at radius 1 is 0.977 bits per heavy atom. The molecule has 0 aliphatic heterocycles. The maximum Gasteiger partial charge on any atom is 0.408 e. The number of hydrogen-bond acceptors (Lipinski definition) is 4. The van der Waals surface area contributed by atoms with Gasteiger partial charge in [0.2, 0.25) is 0 Å². The summed E-state index contributed by atoms with van der Waals surface area (Å²) in [6.45, 7) is 15.5. The van der Waals surface area contributed by atoms with Gasteiger partial charge in [0.05, 0.1) is 11.1 Å². The van der Waals surface area contributed by atoms with Gasteiger partial charge in [-0.3, -0.25) is 14.5 Å². The number of nitrogens with zero attached hydrogens (tertiary/aromatic N) is 2. The van der Waals surface area contributed by atoms with Crippen molar-refractivity contribution in [3.05, 3.63) is 59.2 Å². The molecule has 1 aromatic carbocycles. The summed E-state index contributed by atoms with van der Waals surface area (Å²) in [5.41, 5.74) is -0.381. The third-order valence-electron chi connectivity index (χ3n) is 13.8. The summed E-state index contributed by atoms with van der Waals surface area (Å²) in [5.74, 6) is -0.416. The van der Waals surface area contributed by atoms with E-state index >= 15 is 0 Å². The number of Topliss-reactive ketones (excluding diaryl/α,β-unsaturated/α-hetero) is 1. The normalized spacial score (nSPS) is 40.2. The summed E-state index contributed by atoms with van der Waals surface area (Å²) < 4.78 is 0. The third kappa shape index (κ3) is 4.00. The molecule has 6 heteroatoms. The van der Waals surface area contributed by atoms with Crippen LogP contribution in [0.3, 0.4) is 0 Å². The highest BCUT2D eigenvalue weighted by molar-refractivity contribution is 6.04. The predicted octanol–water partition coefficient (Wildman–Crippen LogP) is 8.14. The van der Waals surface area contributed by atoms with Crippen molar-refractivity contribution in [3.8, 4) is 6.07 Å². The van der Waals surface area contributed by atoms with E-state index in [0.717, 1.165) is 56.1 Å². The van der Waals surface area contributed by atoms with Crippen molar-refractivity contribution in [2.75, 3.05) is 0 Å². The van der Waals surface area contributed by atoms with E-state index in [4.69, 9.17) is 0 Å². The maximum absolute atomic E-state index is 14.8. The van der Waals surface area contributed by atoms with Crippen LogP contribution in [0.5, 0.6) is 0 Å². The fourth-order valence-electron chi connectivity index (χ4n) is 11.3. The van der Waals surface area contributed by atoms with Gasteiger partial charge in [-0.05, 0) is 84.7 Å². The van der Waals surface area contributed by atoms with Gasteiger partial charge >= 0.3 is 6.09 Å². The number of amides is 1. The van der Waals surface area contributed by atoms with Crippen molar-refractivity contribution in [1.82, 2.24) is 4.90 Å². The van der Waals surface area contributed by atoms with E-state index in [1.54, 1.807) is 4.90 Å². The lowest BCUT2D eigenvalue weighted by molar-refractivity contribution is -0.175. The topological polar surface area (TPSA) is 98.5 Å². The van der Waals surface area contributed by atoms with Gasteiger partial charge < -0.3 is 5.11 Å². The van der Waals surface area contributed by atoms with Gasteiger partial charge in [-0.1, -0.05) is 90.4 Å². The molecule has 1 N–H and O–H groups in total. The molecule has 0 unspecified atom stereocenters. The standard InChI is InChI=1S/C38H48N2O4/c1-33(2)15-17-38(40(32(43)44)23-24-11-9-8-10-12-24)18-16-37(7)30(26(38)21-33)27(41)19-29-35(5)20-25(22-39)31(42)34(3,4)28(35)13-14-36(29,37)6/h8-12,19-20,26,28,30H,13-18,21,23H2,1-7H3,(H,43,44)/t26-,28+,30+,35+,36-,37-,38+/m1/s1. The van der Waals surface area contributed by atoms with E-state index in [1.807, 2.05) is 56.3 Å². The molecule has 0 heterocycles. The fraction of sp³-hybridized carbons (Fsp3) is 0.632. The minimum Gasteiger partial charge on any atom is -0.465 e. The summed E-state index contributed by atoms with van der Waals surface area (Å²) in [6.07, 6.45) is 8.52. The number of benzene rings is 1. The summed E-state index contributed by atoms with van der Waals surface area (Å²) in [7, 11) is 0. The molecule has 1 amide bonds. The Labute approximate surface area is 262 Å². The van der Waals surface area contributed by atoms with Crippen LogP contribution < -0.4 is 0 Å². The molecule has 0 radical (unpaired) electrons. The first kappa shape index (κ1) is 30.8. The van der Waals surface area contributed by atoms with Crippen LogP contribution in [-0.2, 0) is 16.1 Å². The number of allylic oxidation sites excluding steroid dienone is 4. The van der Waals surface area contributed by atoms with Crippen molar-refractivity contribution >= 4 is 17.7 Å². The van der Waals surface area contributed by atoms with E-state index in [1.165, 1.54) is 0 Å². The largest absolute Gasteiger partial charge is 0.465 e. The second kappa shape index (κ2) is 9.65. The highest BCUT2D eigenvalue weighted by atomic mass is 16.4. The van der Waals surface area contributed by atoms with Gasteiger partial charge in [0.1, 0.15) is 6.07 Å². The lowest BCUT2D eigenvalue weighted by atomic mass is 9.35. The van der Waals surface area contributed by atoms with Crippen LogP contribution in [-0.4, -0.2) is 33.2 Å². The first-order valence-corrected chi connectivity index (χ1v) is 16.5. The highest BCUT2D eigenvalue weighted by Gasteiger charge is 2.70. The van der Waals surface area contributed by atoms with Gasteiger partial charge in [0.25, 0.3) is 0 Å². The minimum atomic E-state index is -0.913. The lowest BCUT2D eigenvalue weighted by Gasteiger charge is -2.70. The SMILES string of the molecule is CC1(C)CC[C@]2(N(Cc3ccccc3)C(=O)O)CC[C@]3(C)[C@H](C(=O)C=C4[C@@]5(C)C=C(C#N)C(=O)C(C)(C)[C@@H]5CC[C@]43C)[C@H]2C1. The molecule has 0 spiro atoms. The van der Waals surface area contributed by atoms with Gasteiger partial charge in [-0.15, -0.1) is 0 Å². The van der Waals surface area contributed by atoms with Crippen LogP contribution in [0.15, 0.2) is 53.6 Å². The first-order valence-electron chi connectivity index (χ1n) is 16.5. The fourth-order valence-corrected chi connectivity index (χ4v) is 11.3. The Kier molecular flexibility index (Phi) is 6.76. The van der Waals surface area contributed by atoms with E-state index in [2.05, 4.69) is 40.7 Å². The zero-order valence-electron chi connectivity index (χ0n) is 27.5. The van der Waals surface area contributed by atoms with E-state index < -0.39 is 22.5 Å². The van der Waals surface area contributed by atoms with Crippen LogP contribution in [0, 0.1) is 56.2 Å². The molecule has 7 atom stereocenters. The zero-order chi connectivity index (χ0) is 32.1. The molecule has 3 saturated carbocycles. The maximum atomic E-state index is 14.8. The van der Waals surface area contributed by atoms with Crippen LogP contribution in [0.2, 0.25) is 0 Å². The van der Waals surface area contributed by atoms with Crippen LogP contribution in [0.4, 0.5) is 4.79 Å². The highest BCUT2D eigenvalue weighted by Crippen LogP contribution is 2.74. The van der Waals surface area contributed by atoms with Crippen molar-refractivity contribution in [2.24, 2.45) is 44.8 Å². The number of carboxylic acid groups (broad SMARTS) is 1. The molecule has 234 valence electrons. The smallest absolute Gasteiger partial charge is 0.408 e. The molecule has 0 bridgehead atoms. The number of nitriles is 1. The molecular weight excluding hydrogens is 548 g/mol. The summed E-state index contributed by atoms with van der Waals surface area (Å²) in [4.78, 5) is 43.0.